The number of primary amides is 1. The maximum atomic E-state index is 12.5. The van der Waals surface area contributed by atoms with Gasteiger partial charge in [-0.2, -0.15) is 0 Å². The van der Waals surface area contributed by atoms with Crippen LogP contribution in [0.3, 0.4) is 0 Å². The first-order valence-electron chi connectivity index (χ1n) is 8.28. The molecular weight excluding hydrogens is 312 g/mol. The van der Waals surface area contributed by atoms with Crippen LogP contribution in [0.25, 0.3) is 0 Å². The third-order valence-electron chi connectivity index (χ3n) is 5.11. The number of ether oxygens (including phenoxy) is 1. The molecule has 1 aromatic rings. The highest BCUT2D eigenvalue weighted by molar-refractivity contribution is 7.14. The van der Waals surface area contributed by atoms with Gasteiger partial charge in [0.25, 0.3) is 5.91 Å². The van der Waals surface area contributed by atoms with Crippen molar-refractivity contribution in [1.82, 2.24) is 5.32 Å². The highest BCUT2D eigenvalue weighted by atomic mass is 32.1. The van der Waals surface area contributed by atoms with Crippen molar-refractivity contribution in [2.45, 2.75) is 39.0 Å². The Balaban J connectivity index is 1.66. The lowest BCUT2D eigenvalue weighted by Crippen LogP contribution is -2.49. The lowest BCUT2D eigenvalue weighted by atomic mass is 9.79. The molecule has 3 N–H and O–H groups in total. The third kappa shape index (κ3) is 3.43. The van der Waals surface area contributed by atoms with Gasteiger partial charge in [0.15, 0.2) is 0 Å². The van der Waals surface area contributed by atoms with Crippen molar-refractivity contribution in [1.29, 1.82) is 0 Å². The molecule has 2 amide bonds. The summed E-state index contributed by atoms with van der Waals surface area (Å²) in [5.41, 5.74) is 6.23. The van der Waals surface area contributed by atoms with Crippen molar-refractivity contribution in [2.24, 2.45) is 17.1 Å². The Bertz CT molecular complexity index is 605. The average molecular weight is 336 g/mol. The first-order valence-corrected chi connectivity index (χ1v) is 9.09. The van der Waals surface area contributed by atoms with E-state index in [1.165, 1.54) is 16.9 Å². The molecule has 1 unspecified atom stereocenters. The zero-order chi connectivity index (χ0) is 16.4. The van der Waals surface area contributed by atoms with E-state index < -0.39 is 5.41 Å². The molecule has 23 heavy (non-hydrogen) atoms. The molecule has 0 bridgehead atoms. The van der Waals surface area contributed by atoms with Gasteiger partial charge < -0.3 is 15.8 Å². The van der Waals surface area contributed by atoms with Crippen LogP contribution >= 0.6 is 11.3 Å². The van der Waals surface area contributed by atoms with Crippen LogP contribution in [0.5, 0.6) is 0 Å². The normalized spacial score (nSPS) is 23.1. The molecule has 6 heteroatoms. The second kappa shape index (κ2) is 6.61. The van der Waals surface area contributed by atoms with Gasteiger partial charge in [-0.25, -0.2) is 0 Å². The Hall–Kier alpha value is -1.40. The van der Waals surface area contributed by atoms with Crippen molar-refractivity contribution in [2.75, 3.05) is 19.8 Å². The highest BCUT2D eigenvalue weighted by Gasteiger charge is 2.38. The van der Waals surface area contributed by atoms with Crippen molar-refractivity contribution in [3.63, 3.8) is 0 Å². The van der Waals surface area contributed by atoms with Crippen LogP contribution < -0.4 is 11.1 Å². The molecule has 0 spiro atoms. The van der Waals surface area contributed by atoms with E-state index in [4.69, 9.17) is 10.5 Å². The number of hydrogen-bond acceptors (Lipinski definition) is 4. The number of nitrogens with two attached hydrogens (primary N) is 1. The molecule has 126 valence electrons. The number of thiophene rings is 1. The van der Waals surface area contributed by atoms with Gasteiger partial charge in [-0.3, -0.25) is 9.59 Å². The van der Waals surface area contributed by atoms with Crippen molar-refractivity contribution in [3.8, 4) is 0 Å². The van der Waals surface area contributed by atoms with E-state index in [1.54, 1.807) is 11.3 Å². The van der Waals surface area contributed by atoms with Gasteiger partial charge in [0.05, 0.1) is 10.3 Å². The SMILES string of the molecule is CC1CCc2sc(C(=O)NCC3(C(N)=O)CCOCC3)cc2C1. The van der Waals surface area contributed by atoms with E-state index >= 15 is 0 Å². The Kier molecular flexibility index (Phi) is 4.73. The molecule has 3 rings (SSSR count). The maximum Gasteiger partial charge on any atom is 0.261 e. The van der Waals surface area contributed by atoms with E-state index in [1.807, 2.05) is 6.07 Å². The number of aryl methyl sites for hydroxylation is 1. The predicted molar refractivity (Wildman–Crippen MR) is 89.5 cm³/mol. The summed E-state index contributed by atoms with van der Waals surface area (Å²) in [5, 5.41) is 2.93. The molecule has 5 nitrogen and oxygen atoms in total. The van der Waals surface area contributed by atoms with Crippen LogP contribution in [0, 0.1) is 11.3 Å². The monoisotopic (exact) mass is 336 g/mol. The Labute approximate surface area is 140 Å². The first-order chi connectivity index (χ1) is 11.0. The van der Waals surface area contributed by atoms with Crippen LogP contribution in [0.15, 0.2) is 6.07 Å². The van der Waals surface area contributed by atoms with Crippen LogP contribution in [-0.2, 0) is 22.4 Å². The van der Waals surface area contributed by atoms with Gasteiger partial charge in [-0.15, -0.1) is 11.3 Å². The minimum Gasteiger partial charge on any atom is -0.381 e. The standard InChI is InChI=1S/C17H24N2O3S/c1-11-2-3-13-12(8-11)9-14(23-13)15(20)19-10-17(16(18)21)4-6-22-7-5-17/h9,11H,2-8,10H2,1H3,(H2,18,21)(H,19,20). The molecule has 1 aromatic heterocycles. The summed E-state index contributed by atoms with van der Waals surface area (Å²) in [7, 11) is 0. The molecule has 1 aliphatic heterocycles. The van der Waals surface area contributed by atoms with E-state index in [0.29, 0.717) is 38.5 Å². The summed E-state index contributed by atoms with van der Waals surface area (Å²) < 4.78 is 5.31. The fraction of sp³-hybridized carbons (Fsp3) is 0.647. The van der Waals surface area contributed by atoms with Crippen LogP contribution in [0.2, 0.25) is 0 Å². The molecular formula is C17H24N2O3S. The van der Waals surface area contributed by atoms with E-state index in [-0.39, 0.29) is 11.8 Å². The number of carbonyl (C=O) groups is 2. The zero-order valence-corrected chi connectivity index (χ0v) is 14.3. The van der Waals surface area contributed by atoms with E-state index in [0.717, 1.165) is 17.7 Å². The summed E-state index contributed by atoms with van der Waals surface area (Å²) in [5.74, 6) is 0.248. The van der Waals surface area contributed by atoms with Gasteiger partial charge in [-0.1, -0.05) is 6.92 Å². The quantitative estimate of drug-likeness (QED) is 0.881. The molecule has 0 radical (unpaired) electrons. The molecule has 2 heterocycles. The first kappa shape index (κ1) is 16.5. The Morgan fingerprint density at radius 2 is 2.17 bits per heavy atom. The summed E-state index contributed by atoms with van der Waals surface area (Å²) in [6.45, 7) is 3.58. The average Bonchev–Trinajstić information content (AvgIpc) is 2.96. The topological polar surface area (TPSA) is 81.4 Å². The van der Waals surface area contributed by atoms with E-state index in [9.17, 15) is 9.59 Å². The van der Waals surface area contributed by atoms with Gasteiger partial charge >= 0.3 is 0 Å². The molecule has 1 aliphatic carbocycles. The Morgan fingerprint density at radius 1 is 1.43 bits per heavy atom. The third-order valence-corrected chi connectivity index (χ3v) is 6.35. The smallest absolute Gasteiger partial charge is 0.261 e. The fourth-order valence-corrected chi connectivity index (χ4v) is 4.55. The lowest BCUT2D eigenvalue weighted by Gasteiger charge is -2.34. The van der Waals surface area contributed by atoms with Crippen LogP contribution in [0.1, 0.15) is 46.3 Å². The number of rotatable bonds is 4. The number of fused-ring (bicyclic) bond motifs is 1. The van der Waals surface area contributed by atoms with Crippen LogP contribution in [-0.4, -0.2) is 31.6 Å². The summed E-state index contributed by atoms with van der Waals surface area (Å²) in [4.78, 5) is 26.4. The second-order valence-electron chi connectivity index (χ2n) is 6.85. The van der Waals surface area contributed by atoms with Gasteiger partial charge in [0, 0.05) is 24.6 Å². The summed E-state index contributed by atoms with van der Waals surface area (Å²) in [6.07, 6.45) is 4.46. The molecule has 2 aliphatic rings. The summed E-state index contributed by atoms with van der Waals surface area (Å²) >= 11 is 1.59. The number of hydrogen-bond donors (Lipinski definition) is 2. The zero-order valence-electron chi connectivity index (χ0n) is 13.5. The number of carbonyl (C=O) groups excluding carboxylic acids is 2. The fourth-order valence-electron chi connectivity index (χ4n) is 3.43. The van der Waals surface area contributed by atoms with Gasteiger partial charge in [0.2, 0.25) is 5.91 Å². The minimum atomic E-state index is -0.667. The Morgan fingerprint density at radius 3 is 2.87 bits per heavy atom. The molecule has 1 atom stereocenters. The molecule has 1 fully saturated rings. The number of amides is 2. The van der Waals surface area contributed by atoms with Crippen LogP contribution in [0.4, 0.5) is 0 Å². The lowest BCUT2D eigenvalue weighted by molar-refractivity contribution is -0.132. The van der Waals surface area contributed by atoms with Gasteiger partial charge in [-0.05, 0) is 49.7 Å². The summed E-state index contributed by atoms with van der Waals surface area (Å²) in [6, 6.07) is 2.02. The minimum absolute atomic E-state index is 0.0934. The molecule has 1 saturated heterocycles. The predicted octanol–water partition coefficient (Wildman–Crippen LogP) is 1.88. The maximum absolute atomic E-state index is 12.5. The van der Waals surface area contributed by atoms with Crippen molar-refractivity contribution >= 4 is 23.2 Å². The second-order valence-corrected chi connectivity index (χ2v) is 7.98. The highest BCUT2D eigenvalue weighted by Crippen LogP contribution is 2.33. The largest absolute Gasteiger partial charge is 0.381 e. The van der Waals surface area contributed by atoms with Crippen molar-refractivity contribution < 1.29 is 14.3 Å². The molecule has 0 aromatic carbocycles. The van der Waals surface area contributed by atoms with E-state index in [2.05, 4.69) is 12.2 Å². The number of nitrogens with one attached hydrogen (secondary N) is 1. The molecule has 0 saturated carbocycles. The van der Waals surface area contributed by atoms with Gasteiger partial charge in [0.1, 0.15) is 0 Å². The van der Waals surface area contributed by atoms with Crippen molar-refractivity contribution in [3.05, 3.63) is 21.4 Å².